The second kappa shape index (κ2) is 8.95. The summed E-state index contributed by atoms with van der Waals surface area (Å²) in [6.07, 6.45) is 3.67. The van der Waals surface area contributed by atoms with Crippen molar-refractivity contribution in [3.05, 3.63) is 34.2 Å². The van der Waals surface area contributed by atoms with Crippen LogP contribution in [0.25, 0.3) is 0 Å². The van der Waals surface area contributed by atoms with E-state index in [2.05, 4.69) is 15.4 Å². The average Bonchev–Trinajstić information content (AvgIpc) is 3.31. The molecule has 3 heterocycles. The third-order valence-electron chi connectivity index (χ3n) is 4.38. The molecular weight excluding hydrogens is 352 g/mol. The second-order valence-corrected chi connectivity index (χ2v) is 7.42. The van der Waals surface area contributed by atoms with Crippen molar-refractivity contribution >= 4 is 29.0 Å². The number of carbonyl (C=O) groups is 2. The van der Waals surface area contributed by atoms with Crippen LogP contribution in [0.3, 0.4) is 0 Å². The molecule has 1 N–H and O–H groups in total. The third kappa shape index (κ3) is 5.15. The lowest BCUT2D eigenvalue weighted by atomic mass is 10.1. The first-order valence-corrected chi connectivity index (χ1v) is 9.78. The van der Waals surface area contributed by atoms with Crippen LogP contribution in [0.2, 0.25) is 0 Å². The number of nitrogens with zero attached hydrogens (tertiary/aromatic N) is 3. The van der Waals surface area contributed by atoms with Crippen LogP contribution < -0.4 is 5.32 Å². The van der Waals surface area contributed by atoms with Crippen molar-refractivity contribution in [1.29, 1.82) is 0 Å². The van der Waals surface area contributed by atoms with Crippen LogP contribution in [0, 0.1) is 6.92 Å². The summed E-state index contributed by atoms with van der Waals surface area (Å²) >= 11 is 1.39. The maximum absolute atomic E-state index is 12.8. The van der Waals surface area contributed by atoms with Crippen LogP contribution in [0.1, 0.15) is 34.7 Å². The van der Waals surface area contributed by atoms with E-state index >= 15 is 0 Å². The topological polar surface area (TPSA) is 78.7 Å². The van der Waals surface area contributed by atoms with Crippen molar-refractivity contribution in [2.75, 3.05) is 38.0 Å². The van der Waals surface area contributed by atoms with Crippen LogP contribution in [-0.4, -0.2) is 59.5 Å². The predicted octanol–water partition coefficient (Wildman–Crippen LogP) is 2.61. The zero-order chi connectivity index (χ0) is 18.4. The highest BCUT2D eigenvalue weighted by atomic mass is 32.1. The van der Waals surface area contributed by atoms with Gasteiger partial charge in [-0.05, 0) is 44.3 Å². The zero-order valence-electron chi connectivity index (χ0n) is 14.9. The molecule has 0 aromatic carbocycles. The fourth-order valence-corrected chi connectivity index (χ4v) is 3.73. The Bertz CT molecular complexity index is 723. The number of aromatic nitrogens is 1. The summed E-state index contributed by atoms with van der Waals surface area (Å²) in [6, 6.07) is 5.29. The molecule has 0 unspecified atom stereocenters. The number of anilines is 1. The molecule has 0 spiro atoms. The summed E-state index contributed by atoms with van der Waals surface area (Å²) in [6.45, 7) is 5.19. The largest absolute Gasteiger partial charge is 0.360 e. The number of rotatable bonds is 7. The molecule has 0 atom stereocenters. The van der Waals surface area contributed by atoms with E-state index in [-0.39, 0.29) is 18.4 Å². The SMILES string of the molecule is Cc1cc(NC(=O)CN(CCN2CCCCC2)C(=O)c2cccs2)no1. The first-order chi connectivity index (χ1) is 12.6. The molecule has 1 aliphatic heterocycles. The van der Waals surface area contributed by atoms with Gasteiger partial charge >= 0.3 is 0 Å². The van der Waals surface area contributed by atoms with Gasteiger partial charge < -0.3 is 19.6 Å². The maximum atomic E-state index is 12.8. The van der Waals surface area contributed by atoms with Crippen molar-refractivity contribution < 1.29 is 14.1 Å². The minimum atomic E-state index is -0.276. The van der Waals surface area contributed by atoms with Gasteiger partial charge in [0.05, 0.1) is 4.88 Å². The molecular formula is C18H24N4O3S. The van der Waals surface area contributed by atoms with E-state index < -0.39 is 0 Å². The van der Waals surface area contributed by atoms with E-state index in [9.17, 15) is 9.59 Å². The number of hydrogen-bond acceptors (Lipinski definition) is 6. The molecule has 0 radical (unpaired) electrons. The van der Waals surface area contributed by atoms with Gasteiger partial charge in [-0.1, -0.05) is 17.6 Å². The van der Waals surface area contributed by atoms with Gasteiger partial charge in [0.2, 0.25) is 5.91 Å². The number of likely N-dealkylation sites (tertiary alicyclic amines) is 1. The normalized spacial score (nSPS) is 15.0. The van der Waals surface area contributed by atoms with Gasteiger partial charge in [-0.15, -0.1) is 11.3 Å². The summed E-state index contributed by atoms with van der Waals surface area (Å²) in [5, 5.41) is 8.31. The lowest BCUT2D eigenvalue weighted by Crippen LogP contribution is -2.43. The number of piperidine rings is 1. The number of nitrogens with one attached hydrogen (secondary N) is 1. The van der Waals surface area contributed by atoms with Crippen molar-refractivity contribution in [3.63, 3.8) is 0 Å². The number of hydrogen-bond donors (Lipinski definition) is 1. The lowest BCUT2D eigenvalue weighted by Gasteiger charge is -2.29. The molecule has 0 bridgehead atoms. The second-order valence-electron chi connectivity index (χ2n) is 6.48. The highest BCUT2D eigenvalue weighted by Gasteiger charge is 2.21. The first kappa shape index (κ1) is 18.6. The molecule has 26 heavy (non-hydrogen) atoms. The van der Waals surface area contributed by atoms with E-state index in [4.69, 9.17) is 4.52 Å². The van der Waals surface area contributed by atoms with Gasteiger partial charge in [-0.2, -0.15) is 0 Å². The quantitative estimate of drug-likeness (QED) is 0.804. The van der Waals surface area contributed by atoms with E-state index in [1.807, 2.05) is 11.4 Å². The Kier molecular flexibility index (Phi) is 6.40. The van der Waals surface area contributed by atoms with Crippen molar-refractivity contribution in [3.8, 4) is 0 Å². The van der Waals surface area contributed by atoms with Crippen LogP contribution in [0.15, 0.2) is 28.1 Å². The lowest BCUT2D eigenvalue weighted by molar-refractivity contribution is -0.117. The molecule has 0 saturated carbocycles. The highest BCUT2D eigenvalue weighted by molar-refractivity contribution is 7.12. The molecule has 2 aromatic rings. The minimum Gasteiger partial charge on any atom is -0.360 e. The number of aryl methyl sites for hydroxylation is 1. The highest BCUT2D eigenvalue weighted by Crippen LogP contribution is 2.14. The summed E-state index contributed by atoms with van der Waals surface area (Å²) in [5.74, 6) is 0.606. The van der Waals surface area contributed by atoms with Crippen molar-refractivity contribution in [1.82, 2.24) is 15.0 Å². The molecule has 3 rings (SSSR count). The standard InChI is InChI=1S/C18H24N4O3S/c1-14-12-16(20-25-14)19-17(23)13-22(18(24)15-6-5-11-26-15)10-9-21-7-3-2-4-8-21/h5-6,11-12H,2-4,7-10,13H2,1H3,(H,19,20,23). The molecule has 0 aliphatic carbocycles. The molecule has 8 heteroatoms. The molecule has 140 valence electrons. The monoisotopic (exact) mass is 376 g/mol. The Labute approximate surface area is 156 Å². The summed E-state index contributed by atoms with van der Waals surface area (Å²) in [7, 11) is 0. The number of carbonyl (C=O) groups excluding carboxylic acids is 2. The van der Waals surface area contributed by atoms with Crippen LogP contribution in [0.5, 0.6) is 0 Å². The summed E-state index contributed by atoms with van der Waals surface area (Å²) in [4.78, 5) is 29.8. The van der Waals surface area contributed by atoms with Crippen LogP contribution in [-0.2, 0) is 4.79 Å². The molecule has 2 amide bonds. The molecule has 2 aromatic heterocycles. The van der Waals surface area contributed by atoms with Gasteiger partial charge in [0.15, 0.2) is 5.82 Å². The number of thiophene rings is 1. The van der Waals surface area contributed by atoms with E-state index in [1.54, 1.807) is 24.0 Å². The Morgan fingerprint density at radius 2 is 2.15 bits per heavy atom. The Hall–Kier alpha value is -2.19. The van der Waals surface area contributed by atoms with Crippen LogP contribution in [0.4, 0.5) is 5.82 Å². The number of amides is 2. The van der Waals surface area contributed by atoms with E-state index in [0.29, 0.717) is 23.0 Å². The summed E-state index contributed by atoms with van der Waals surface area (Å²) < 4.78 is 4.95. The summed E-state index contributed by atoms with van der Waals surface area (Å²) in [5.41, 5.74) is 0. The molecule has 1 saturated heterocycles. The third-order valence-corrected chi connectivity index (χ3v) is 5.24. The van der Waals surface area contributed by atoms with Gasteiger partial charge in [0.1, 0.15) is 12.3 Å². The fraction of sp³-hybridized carbons (Fsp3) is 0.500. The van der Waals surface area contributed by atoms with Crippen molar-refractivity contribution in [2.24, 2.45) is 0 Å². The van der Waals surface area contributed by atoms with Crippen LogP contribution >= 0.6 is 11.3 Å². The zero-order valence-corrected chi connectivity index (χ0v) is 15.8. The molecule has 1 aliphatic rings. The van der Waals surface area contributed by atoms with Gasteiger partial charge in [-0.25, -0.2) is 0 Å². The van der Waals surface area contributed by atoms with Gasteiger partial charge in [-0.3, -0.25) is 9.59 Å². The Balaban J connectivity index is 1.61. The van der Waals surface area contributed by atoms with Gasteiger partial charge in [0, 0.05) is 19.2 Å². The van der Waals surface area contributed by atoms with Crippen molar-refractivity contribution in [2.45, 2.75) is 26.2 Å². The minimum absolute atomic E-state index is 0.00349. The fourth-order valence-electron chi connectivity index (χ4n) is 3.03. The predicted molar refractivity (Wildman–Crippen MR) is 100 cm³/mol. The van der Waals surface area contributed by atoms with Gasteiger partial charge in [0.25, 0.3) is 5.91 Å². The Morgan fingerprint density at radius 3 is 2.81 bits per heavy atom. The average molecular weight is 376 g/mol. The maximum Gasteiger partial charge on any atom is 0.264 e. The first-order valence-electron chi connectivity index (χ1n) is 8.90. The van der Waals surface area contributed by atoms with E-state index in [1.165, 1.54) is 30.6 Å². The smallest absolute Gasteiger partial charge is 0.264 e. The van der Waals surface area contributed by atoms with E-state index in [0.717, 1.165) is 19.6 Å². The molecule has 1 fully saturated rings. The Morgan fingerprint density at radius 1 is 1.35 bits per heavy atom. The molecule has 7 nitrogen and oxygen atoms in total.